The summed E-state index contributed by atoms with van der Waals surface area (Å²) >= 11 is 0. The molecule has 4 aliphatic heterocycles. The van der Waals surface area contributed by atoms with Gasteiger partial charge in [-0.3, -0.25) is 24.8 Å². The second kappa shape index (κ2) is 14.0. The van der Waals surface area contributed by atoms with Crippen molar-refractivity contribution in [3.8, 4) is 17.2 Å². The number of morpholine rings is 1. The number of hydrogen-bond donors (Lipinski definition) is 5. The molecule has 2 aliphatic carbocycles. The second-order valence-electron chi connectivity index (χ2n) is 15.1. The number of phenolic OH excluding ortho intramolecular Hbond substituents is 2. The Balaban J connectivity index is 1.17. The van der Waals surface area contributed by atoms with Crippen LogP contribution in [0.4, 0.5) is 0 Å². The first-order chi connectivity index (χ1) is 25.4. The molecule has 0 radical (unpaired) electrons. The summed E-state index contributed by atoms with van der Waals surface area (Å²) in [6.07, 6.45) is -2.31. The van der Waals surface area contributed by atoms with Crippen LogP contribution in [-0.4, -0.2) is 145 Å². The molecule has 5 N–H and O–H groups in total. The van der Waals surface area contributed by atoms with E-state index < -0.39 is 59.7 Å². The monoisotopic (exact) mass is 736 g/mol. The highest BCUT2D eigenvalue weighted by Crippen LogP contribution is 2.53. The molecule has 15 heteroatoms. The molecule has 8 rings (SSSR count). The van der Waals surface area contributed by atoms with Gasteiger partial charge in [-0.15, -0.1) is 0 Å². The van der Waals surface area contributed by atoms with Crippen LogP contribution in [0.1, 0.15) is 76.9 Å². The zero-order valence-electron chi connectivity index (χ0n) is 30.4. The molecule has 4 heterocycles. The van der Waals surface area contributed by atoms with Crippen LogP contribution in [0.25, 0.3) is 0 Å². The Labute approximate surface area is 307 Å². The molecule has 4 saturated heterocycles. The summed E-state index contributed by atoms with van der Waals surface area (Å²) in [5, 5.41) is 48.9. The third-order valence-electron chi connectivity index (χ3n) is 12.1. The molecular formula is C38H48N4O11. The molecule has 2 aromatic rings. The van der Waals surface area contributed by atoms with Gasteiger partial charge in [0.1, 0.15) is 29.0 Å². The number of hydrogen-bond acceptors (Lipinski definition) is 15. The van der Waals surface area contributed by atoms with Crippen molar-refractivity contribution in [1.82, 2.24) is 15.1 Å². The highest BCUT2D eigenvalue weighted by molar-refractivity contribution is 6.32. The summed E-state index contributed by atoms with van der Waals surface area (Å²) in [5.41, 5.74) is -2.22. The number of fused-ring (bicyclic) bond motifs is 6. The first-order valence-corrected chi connectivity index (χ1v) is 18.4. The van der Waals surface area contributed by atoms with Crippen LogP contribution in [0.2, 0.25) is 0 Å². The van der Waals surface area contributed by atoms with Crippen LogP contribution in [0.3, 0.4) is 0 Å². The number of aliphatic hydroxyl groups is 1. The van der Waals surface area contributed by atoms with Crippen molar-refractivity contribution in [2.45, 2.75) is 93.8 Å². The van der Waals surface area contributed by atoms with Crippen LogP contribution < -0.4 is 10.1 Å². The Bertz CT molecular complexity index is 1820. The molecule has 2 aromatic carbocycles. The Hall–Kier alpha value is -3.51. The number of carbonyl (C=O) groups excluding carboxylic acids is 2. The molecule has 4 fully saturated rings. The van der Waals surface area contributed by atoms with Gasteiger partial charge in [-0.05, 0) is 46.0 Å². The third kappa shape index (κ3) is 5.97. The van der Waals surface area contributed by atoms with Crippen LogP contribution >= 0.6 is 0 Å². The van der Waals surface area contributed by atoms with Crippen molar-refractivity contribution in [3.05, 3.63) is 51.6 Å². The first-order valence-electron chi connectivity index (χ1n) is 18.4. The number of likely N-dealkylation sites (N-methyl/N-ethyl adjacent to an activating group) is 1. The molecule has 0 amide bonds. The van der Waals surface area contributed by atoms with Gasteiger partial charge in [-0.2, -0.15) is 0 Å². The largest absolute Gasteiger partial charge is 0.507 e. The van der Waals surface area contributed by atoms with Gasteiger partial charge in [0.25, 0.3) is 0 Å². The number of methoxy groups -OCH3 is 2. The number of carbonyl (C=O) groups is 2. The van der Waals surface area contributed by atoms with E-state index in [0.717, 1.165) is 25.9 Å². The summed E-state index contributed by atoms with van der Waals surface area (Å²) in [5.74, 6) is -1.76. The Morgan fingerprint density at radius 1 is 1.13 bits per heavy atom. The van der Waals surface area contributed by atoms with Crippen molar-refractivity contribution in [1.29, 1.82) is 5.41 Å². The molecule has 0 unspecified atom stereocenters. The SMILES string of the molecule is COc1cccc2c1C(=N)c1c(O)c3c(c(O)c1C2=O)C[C@@](O)(C(=O)CN(C)C1CCNCC1)C[C@@H]3O[C@H]1C[C@H]2[C@H](O[C@@H]3[C@@H](OC)OCCN32)[C@H](C)O1. The molecule has 286 valence electrons. The van der Waals surface area contributed by atoms with Crippen molar-refractivity contribution in [2.75, 3.05) is 54.1 Å². The van der Waals surface area contributed by atoms with Gasteiger partial charge < -0.3 is 49.1 Å². The molecule has 6 aliphatic rings. The molecule has 0 spiro atoms. The molecule has 0 saturated carbocycles. The minimum absolute atomic E-state index is 0.0208. The summed E-state index contributed by atoms with van der Waals surface area (Å²) in [6, 6.07) is 4.79. The van der Waals surface area contributed by atoms with Crippen LogP contribution in [0, 0.1) is 5.41 Å². The lowest BCUT2D eigenvalue weighted by atomic mass is 9.71. The Morgan fingerprint density at radius 2 is 1.91 bits per heavy atom. The van der Waals surface area contributed by atoms with E-state index >= 15 is 0 Å². The van der Waals surface area contributed by atoms with Crippen molar-refractivity contribution >= 4 is 17.3 Å². The maximum atomic E-state index is 14.2. The fourth-order valence-electron chi connectivity index (χ4n) is 9.34. The lowest BCUT2D eigenvalue weighted by molar-refractivity contribution is -0.256. The average Bonchev–Trinajstić information content (AvgIpc) is 3.54. The first kappa shape index (κ1) is 36.5. The average molecular weight is 737 g/mol. The highest BCUT2D eigenvalue weighted by atomic mass is 16.7. The summed E-state index contributed by atoms with van der Waals surface area (Å²) < 4.78 is 36.2. The lowest BCUT2D eigenvalue weighted by Crippen LogP contribution is -2.55. The standard InChI is InChI=1S/C38H48N4O11/c1-18-35-22(42-12-13-50-37(49-4)36(42)53-35)14-26(51-18)52-24-16-38(47,25(43)17-41(2)19-8-10-40-11-9-19)15-21-28(24)34(46)29-30(33(21)45)32(44)20-6-5-7-23(48-3)27(20)31(29)39/h5-7,18-19,22,24,26,35-37,39-40,45-47H,8-17H2,1-4H3/t18-,22-,24-,26-,35+,36+,37-,38-/m0/s1. The van der Waals surface area contributed by atoms with E-state index in [1.165, 1.54) is 13.2 Å². The minimum atomic E-state index is -2.02. The fourth-order valence-corrected chi connectivity index (χ4v) is 9.34. The molecular weight excluding hydrogens is 688 g/mol. The molecule has 53 heavy (non-hydrogen) atoms. The van der Waals surface area contributed by atoms with Crippen LogP contribution in [-0.2, 0) is 34.9 Å². The van der Waals surface area contributed by atoms with Crippen molar-refractivity contribution < 1.29 is 53.3 Å². The number of ketones is 2. The molecule has 0 aromatic heterocycles. The van der Waals surface area contributed by atoms with Crippen LogP contribution in [0.15, 0.2) is 18.2 Å². The zero-order chi connectivity index (χ0) is 37.3. The maximum absolute atomic E-state index is 14.2. The van der Waals surface area contributed by atoms with Gasteiger partial charge in [-0.1, -0.05) is 12.1 Å². The molecule has 15 nitrogen and oxygen atoms in total. The predicted molar refractivity (Wildman–Crippen MR) is 188 cm³/mol. The van der Waals surface area contributed by atoms with Gasteiger partial charge in [0, 0.05) is 61.7 Å². The maximum Gasteiger partial charge on any atom is 0.198 e. The third-order valence-corrected chi connectivity index (χ3v) is 12.1. The minimum Gasteiger partial charge on any atom is -0.507 e. The van der Waals surface area contributed by atoms with E-state index in [1.54, 1.807) is 19.2 Å². The van der Waals surface area contributed by atoms with Crippen molar-refractivity contribution in [3.63, 3.8) is 0 Å². The van der Waals surface area contributed by atoms with Crippen molar-refractivity contribution in [2.24, 2.45) is 0 Å². The fraction of sp³-hybridized carbons (Fsp3) is 0.605. The number of phenols is 2. The number of benzene rings is 2. The number of nitrogens with zero attached hydrogens (tertiary/aromatic N) is 2. The van der Waals surface area contributed by atoms with Gasteiger partial charge in [-0.25, -0.2) is 0 Å². The topological polar surface area (TPSA) is 193 Å². The van der Waals surface area contributed by atoms with Gasteiger partial charge in [0.2, 0.25) is 0 Å². The van der Waals surface area contributed by atoms with E-state index in [9.17, 15) is 30.3 Å². The predicted octanol–water partition coefficient (Wildman–Crippen LogP) is 1.59. The lowest BCUT2D eigenvalue weighted by Gasteiger charge is -2.44. The van der Waals surface area contributed by atoms with E-state index in [1.807, 2.05) is 18.9 Å². The number of rotatable bonds is 8. The number of Topliss-reactive ketones (excluding diaryl/α,β-unsaturated/α-hetero) is 1. The summed E-state index contributed by atoms with van der Waals surface area (Å²) in [6.45, 7) is 4.56. The highest BCUT2D eigenvalue weighted by Gasteiger charge is 2.55. The number of piperidine rings is 1. The smallest absolute Gasteiger partial charge is 0.198 e. The van der Waals surface area contributed by atoms with E-state index in [4.69, 9.17) is 28.4 Å². The van der Waals surface area contributed by atoms with Gasteiger partial charge in [0.15, 0.2) is 30.4 Å². The number of ether oxygens (including phenoxy) is 6. The molecule has 0 bridgehead atoms. The van der Waals surface area contributed by atoms with Gasteiger partial charge >= 0.3 is 0 Å². The van der Waals surface area contributed by atoms with Gasteiger partial charge in [0.05, 0.1) is 54.9 Å². The number of aromatic hydroxyl groups is 2. The van der Waals surface area contributed by atoms with E-state index in [0.29, 0.717) is 19.6 Å². The normalized spacial score (nSPS) is 32.8. The zero-order valence-corrected chi connectivity index (χ0v) is 30.4. The summed E-state index contributed by atoms with van der Waals surface area (Å²) in [7, 11) is 4.86. The quantitative estimate of drug-likeness (QED) is 0.210. The summed E-state index contributed by atoms with van der Waals surface area (Å²) in [4.78, 5) is 32.4. The molecule has 8 atom stereocenters. The van der Waals surface area contributed by atoms with E-state index in [2.05, 4.69) is 10.2 Å². The Kier molecular flexibility index (Phi) is 9.61. The Morgan fingerprint density at radius 3 is 2.64 bits per heavy atom. The van der Waals surface area contributed by atoms with Crippen LogP contribution in [0.5, 0.6) is 17.2 Å². The van der Waals surface area contributed by atoms with E-state index in [-0.39, 0.29) is 82.4 Å². The second-order valence-corrected chi connectivity index (χ2v) is 15.1. The number of nitrogens with one attached hydrogen (secondary N) is 2.